The van der Waals surface area contributed by atoms with Gasteiger partial charge < -0.3 is 9.42 Å². The van der Waals surface area contributed by atoms with Gasteiger partial charge in [0.05, 0.1) is 0 Å². The average molecular weight is 416 g/mol. The van der Waals surface area contributed by atoms with Crippen LogP contribution in [0.5, 0.6) is 0 Å². The van der Waals surface area contributed by atoms with Crippen molar-refractivity contribution in [1.29, 1.82) is 0 Å². The van der Waals surface area contributed by atoms with Gasteiger partial charge in [0.2, 0.25) is 17.6 Å². The standard InChI is InChI=1S/C19H15BrFN3O2/c20-14-5-1-12(2-6-14)11-24-16(9-10-17(24)25)19-22-18(23-26-19)13-3-7-15(21)8-4-13/h1-8,16H,9-11H2. The molecule has 2 aromatic carbocycles. The van der Waals surface area contributed by atoms with Crippen molar-refractivity contribution in [2.75, 3.05) is 0 Å². The van der Waals surface area contributed by atoms with Gasteiger partial charge in [-0.05, 0) is 48.4 Å². The van der Waals surface area contributed by atoms with Crippen molar-refractivity contribution in [1.82, 2.24) is 15.0 Å². The Hall–Kier alpha value is -2.54. The van der Waals surface area contributed by atoms with Crippen molar-refractivity contribution in [3.8, 4) is 11.4 Å². The summed E-state index contributed by atoms with van der Waals surface area (Å²) in [4.78, 5) is 18.5. The number of nitrogens with zero attached hydrogens (tertiary/aromatic N) is 3. The van der Waals surface area contributed by atoms with Gasteiger partial charge >= 0.3 is 0 Å². The number of halogens is 2. The Bertz CT molecular complexity index is 925. The van der Waals surface area contributed by atoms with Crippen LogP contribution in [0, 0.1) is 5.82 Å². The summed E-state index contributed by atoms with van der Waals surface area (Å²) in [5.74, 6) is 0.550. The van der Waals surface area contributed by atoms with Crippen molar-refractivity contribution in [2.45, 2.75) is 25.4 Å². The maximum absolute atomic E-state index is 13.1. The molecule has 3 aromatic rings. The topological polar surface area (TPSA) is 59.2 Å². The van der Waals surface area contributed by atoms with Crippen LogP contribution in [-0.2, 0) is 11.3 Å². The Morgan fingerprint density at radius 2 is 1.88 bits per heavy atom. The second kappa shape index (κ2) is 6.99. The fourth-order valence-corrected chi connectivity index (χ4v) is 3.33. The van der Waals surface area contributed by atoms with Gasteiger partial charge in [-0.15, -0.1) is 0 Å². The van der Waals surface area contributed by atoms with Crippen LogP contribution in [0.15, 0.2) is 57.5 Å². The molecule has 1 amide bonds. The lowest BCUT2D eigenvalue weighted by Crippen LogP contribution is -2.27. The summed E-state index contributed by atoms with van der Waals surface area (Å²) in [5, 5.41) is 3.99. The number of benzene rings is 2. The van der Waals surface area contributed by atoms with E-state index in [0.29, 0.717) is 36.7 Å². The summed E-state index contributed by atoms with van der Waals surface area (Å²) in [6.07, 6.45) is 1.09. The maximum atomic E-state index is 13.1. The molecular weight excluding hydrogens is 401 g/mol. The van der Waals surface area contributed by atoms with Crippen LogP contribution in [-0.4, -0.2) is 20.9 Å². The minimum atomic E-state index is -0.320. The Balaban J connectivity index is 1.57. The molecule has 0 bridgehead atoms. The molecule has 0 saturated carbocycles. The summed E-state index contributed by atoms with van der Waals surface area (Å²) in [6.45, 7) is 0.491. The quantitative estimate of drug-likeness (QED) is 0.629. The number of amides is 1. The molecule has 7 heteroatoms. The third-order valence-corrected chi connectivity index (χ3v) is 4.95. The van der Waals surface area contributed by atoms with Gasteiger partial charge in [0.15, 0.2) is 0 Å². The molecule has 0 aliphatic carbocycles. The molecule has 1 atom stereocenters. The Morgan fingerprint density at radius 1 is 1.15 bits per heavy atom. The molecule has 1 aromatic heterocycles. The molecular formula is C19H15BrFN3O2. The third-order valence-electron chi connectivity index (χ3n) is 4.42. The summed E-state index contributed by atoms with van der Waals surface area (Å²) in [6, 6.07) is 13.5. The smallest absolute Gasteiger partial charge is 0.249 e. The van der Waals surface area contributed by atoms with Crippen LogP contribution < -0.4 is 0 Å². The molecule has 2 heterocycles. The van der Waals surface area contributed by atoms with E-state index >= 15 is 0 Å². The number of carbonyl (C=O) groups is 1. The zero-order chi connectivity index (χ0) is 18.1. The molecule has 1 unspecified atom stereocenters. The molecule has 1 aliphatic rings. The van der Waals surface area contributed by atoms with Crippen LogP contribution >= 0.6 is 15.9 Å². The highest BCUT2D eigenvalue weighted by atomic mass is 79.9. The number of likely N-dealkylation sites (tertiary alicyclic amines) is 1. The van der Waals surface area contributed by atoms with Crippen molar-refractivity contribution in [3.05, 3.63) is 70.3 Å². The van der Waals surface area contributed by atoms with E-state index in [0.717, 1.165) is 10.0 Å². The van der Waals surface area contributed by atoms with Crippen LogP contribution in [0.3, 0.4) is 0 Å². The lowest BCUT2D eigenvalue weighted by Gasteiger charge is -2.22. The summed E-state index contributed by atoms with van der Waals surface area (Å²) in [5.41, 5.74) is 1.71. The number of carbonyl (C=O) groups excluding carboxylic acids is 1. The maximum Gasteiger partial charge on any atom is 0.249 e. The highest BCUT2D eigenvalue weighted by Crippen LogP contribution is 2.34. The van der Waals surface area contributed by atoms with E-state index in [1.54, 1.807) is 17.0 Å². The molecule has 4 rings (SSSR count). The molecule has 0 spiro atoms. The van der Waals surface area contributed by atoms with Crippen LogP contribution in [0.2, 0.25) is 0 Å². The van der Waals surface area contributed by atoms with Crippen molar-refractivity contribution in [3.63, 3.8) is 0 Å². The van der Waals surface area contributed by atoms with E-state index in [1.165, 1.54) is 12.1 Å². The summed E-state index contributed by atoms with van der Waals surface area (Å²) >= 11 is 3.41. The normalized spacial score (nSPS) is 17.1. The predicted octanol–water partition coefficient (Wildman–Crippen LogP) is 4.50. The fourth-order valence-electron chi connectivity index (χ4n) is 3.06. The number of hydrogen-bond donors (Lipinski definition) is 0. The van der Waals surface area contributed by atoms with Gasteiger partial charge in [0, 0.05) is 23.0 Å². The summed E-state index contributed by atoms with van der Waals surface area (Å²) in [7, 11) is 0. The highest BCUT2D eigenvalue weighted by Gasteiger charge is 2.36. The fraction of sp³-hybridized carbons (Fsp3) is 0.211. The second-order valence-corrected chi connectivity index (χ2v) is 7.08. The van der Waals surface area contributed by atoms with Crippen molar-refractivity contribution >= 4 is 21.8 Å². The van der Waals surface area contributed by atoms with E-state index in [9.17, 15) is 9.18 Å². The lowest BCUT2D eigenvalue weighted by molar-refractivity contribution is -0.129. The van der Waals surface area contributed by atoms with Gasteiger partial charge in [-0.1, -0.05) is 33.2 Å². The average Bonchev–Trinajstić information content (AvgIpc) is 3.25. The highest BCUT2D eigenvalue weighted by molar-refractivity contribution is 9.10. The molecule has 132 valence electrons. The summed E-state index contributed by atoms with van der Waals surface area (Å²) < 4.78 is 19.5. The van der Waals surface area contributed by atoms with Crippen LogP contribution in [0.4, 0.5) is 4.39 Å². The predicted molar refractivity (Wildman–Crippen MR) is 96.4 cm³/mol. The minimum Gasteiger partial charge on any atom is -0.337 e. The molecule has 0 radical (unpaired) electrons. The lowest BCUT2D eigenvalue weighted by atomic mass is 10.1. The largest absolute Gasteiger partial charge is 0.337 e. The Kier molecular flexibility index (Phi) is 4.55. The van der Waals surface area contributed by atoms with Gasteiger partial charge in [-0.3, -0.25) is 4.79 Å². The molecule has 1 saturated heterocycles. The number of hydrogen-bond acceptors (Lipinski definition) is 4. The van der Waals surface area contributed by atoms with Crippen LogP contribution in [0.1, 0.15) is 30.3 Å². The first-order chi connectivity index (χ1) is 12.6. The number of aromatic nitrogens is 2. The van der Waals surface area contributed by atoms with E-state index in [1.807, 2.05) is 24.3 Å². The SMILES string of the molecule is O=C1CCC(c2nc(-c3ccc(F)cc3)no2)N1Cc1ccc(Br)cc1. The Labute approximate surface area is 158 Å². The molecule has 0 N–H and O–H groups in total. The van der Waals surface area contributed by atoms with Gasteiger partial charge in [-0.25, -0.2) is 4.39 Å². The second-order valence-electron chi connectivity index (χ2n) is 6.17. The van der Waals surface area contributed by atoms with E-state index in [-0.39, 0.29) is 17.8 Å². The first-order valence-electron chi connectivity index (χ1n) is 8.23. The molecule has 1 fully saturated rings. The van der Waals surface area contributed by atoms with E-state index in [4.69, 9.17) is 4.52 Å². The monoisotopic (exact) mass is 415 g/mol. The first kappa shape index (κ1) is 16.9. The molecule has 5 nitrogen and oxygen atoms in total. The number of rotatable bonds is 4. The van der Waals surface area contributed by atoms with Crippen molar-refractivity contribution in [2.24, 2.45) is 0 Å². The third kappa shape index (κ3) is 3.39. The molecule has 26 heavy (non-hydrogen) atoms. The van der Waals surface area contributed by atoms with Crippen LogP contribution in [0.25, 0.3) is 11.4 Å². The van der Waals surface area contributed by atoms with Gasteiger partial charge in [0.1, 0.15) is 11.9 Å². The zero-order valence-electron chi connectivity index (χ0n) is 13.7. The van der Waals surface area contributed by atoms with E-state index < -0.39 is 0 Å². The Morgan fingerprint density at radius 3 is 2.62 bits per heavy atom. The zero-order valence-corrected chi connectivity index (χ0v) is 15.3. The van der Waals surface area contributed by atoms with Gasteiger partial charge in [-0.2, -0.15) is 4.98 Å². The van der Waals surface area contributed by atoms with E-state index in [2.05, 4.69) is 26.1 Å². The van der Waals surface area contributed by atoms with Gasteiger partial charge in [0.25, 0.3) is 0 Å². The first-order valence-corrected chi connectivity index (χ1v) is 9.03. The van der Waals surface area contributed by atoms with Crippen molar-refractivity contribution < 1.29 is 13.7 Å². The minimum absolute atomic E-state index is 0.0689. The molecule has 1 aliphatic heterocycles.